The second-order valence-electron chi connectivity index (χ2n) is 12.6. The zero-order chi connectivity index (χ0) is 29.0. The second kappa shape index (κ2) is 10.3. The number of fused-ring (bicyclic) bond motifs is 6. The van der Waals surface area contributed by atoms with Crippen LogP contribution in [-0.4, -0.2) is 0 Å². The maximum atomic E-state index is 4.97. The highest BCUT2D eigenvalue weighted by molar-refractivity contribution is 6.01. The molecule has 0 saturated heterocycles. The zero-order valence-corrected chi connectivity index (χ0v) is 24.8. The Labute approximate surface area is 255 Å². The van der Waals surface area contributed by atoms with Crippen LogP contribution in [0, 0.1) is 11.8 Å². The number of nitrogens with zero attached hydrogens (tertiary/aromatic N) is 1. The Kier molecular flexibility index (Phi) is 6.22. The molecule has 43 heavy (non-hydrogen) atoms. The Morgan fingerprint density at radius 3 is 2.26 bits per heavy atom. The van der Waals surface area contributed by atoms with Crippen LogP contribution >= 0.6 is 0 Å². The first kappa shape index (κ1) is 26.0. The van der Waals surface area contributed by atoms with Crippen molar-refractivity contribution in [3.63, 3.8) is 0 Å². The smallest absolute Gasteiger partial charge is 0.0540 e. The molecule has 0 aromatic heterocycles. The molecule has 1 spiro atoms. The minimum Gasteiger partial charge on any atom is -0.309 e. The first-order valence-electron chi connectivity index (χ1n) is 15.8. The van der Waals surface area contributed by atoms with Gasteiger partial charge >= 0.3 is 0 Å². The molecule has 2 fully saturated rings. The molecule has 0 radical (unpaired) electrons. The predicted octanol–water partition coefficient (Wildman–Crippen LogP) is 11.3. The van der Waals surface area contributed by atoms with Gasteiger partial charge in [-0.3, -0.25) is 0 Å². The summed E-state index contributed by atoms with van der Waals surface area (Å²) in [4.78, 5) is 2.49. The maximum Gasteiger partial charge on any atom is 0.0540 e. The van der Waals surface area contributed by atoms with E-state index in [-0.39, 0.29) is 5.41 Å². The summed E-state index contributed by atoms with van der Waals surface area (Å²) in [5.41, 5.74) is 11.5. The topological polar surface area (TPSA) is 3.24 Å². The van der Waals surface area contributed by atoms with Crippen LogP contribution in [0.3, 0.4) is 0 Å². The quantitative estimate of drug-likeness (QED) is 0.208. The van der Waals surface area contributed by atoms with Gasteiger partial charge in [-0.1, -0.05) is 122 Å². The number of hydrogen-bond acceptors (Lipinski definition) is 1. The lowest BCUT2D eigenvalue weighted by molar-refractivity contribution is 0.327. The Morgan fingerprint density at radius 1 is 0.767 bits per heavy atom. The van der Waals surface area contributed by atoms with Crippen LogP contribution in [0.2, 0.25) is 0 Å². The molecule has 3 atom stereocenters. The van der Waals surface area contributed by atoms with Crippen molar-refractivity contribution in [3.8, 4) is 11.1 Å². The summed E-state index contributed by atoms with van der Waals surface area (Å²) in [5.74, 6) is 1.51. The van der Waals surface area contributed by atoms with Gasteiger partial charge in [-0.15, -0.1) is 0 Å². The van der Waals surface area contributed by atoms with Crippen LogP contribution in [-0.2, 0) is 5.41 Å². The van der Waals surface area contributed by atoms with E-state index < -0.39 is 0 Å². The highest BCUT2D eigenvalue weighted by Crippen LogP contribution is 2.66. The van der Waals surface area contributed by atoms with E-state index in [2.05, 4.69) is 145 Å². The van der Waals surface area contributed by atoms with Gasteiger partial charge in [0.05, 0.1) is 11.4 Å². The Bertz CT molecular complexity index is 1900. The van der Waals surface area contributed by atoms with Gasteiger partial charge in [0.15, 0.2) is 0 Å². The lowest BCUT2D eigenvalue weighted by Gasteiger charge is -2.37. The summed E-state index contributed by atoms with van der Waals surface area (Å²) < 4.78 is 0. The van der Waals surface area contributed by atoms with Gasteiger partial charge in [0, 0.05) is 22.1 Å². The van der Waals surface area contributed by atoms with Crippen molar-refractivity contribution in [1.82, 2.24) is 0 Å². The molecular formula is C42H37N. The Hall–Kier alpha value is -4.62. The van der Waals surface area contributed by atoms with E-state index in [9.17, 15) is 0 Å². The van der Waals surface area contributed by atoms with Crippen molar-refractivity contribution in [1.29, 1.82) is 0 Å². The van der Waals surface area contributed by atoms with Gasteiger partial charge in [-0.05, 0) is 95.5 Å². The Balaban J connectivity index is 1.39. The number of anilines is 2. The normalized spacial score (nSPS) is 23.4. The fourth-order valence-electron chi connectivity index (χ4n) is 8.63. The molecule has 2 bridgehead atoms. The molecule has 210 valence electrons. The lowest BCUT2D eigenvalue weighted by atomic mass is 9.67. The number of benzene rings is 5. The fourth-order valence-corrected chi connectivity index (χ4v) is 8.63. The molecule has 0 aliphatic heterocycles. The third kappa shape index (κ3) is 3.98. The van der Waals surface area contributed by atoms with Gasteiger partial charge in [-0.25, -0.2) is 0 Å². The molecule has 0 N–H and O–H groups in total. The molecular weight excluding hydrogens is 518 g/mol. The number of hydrogen-bond donors (Lipinski definition) is 0. The van der Waals surface area contributed by atoms with E-state index >= 15 is 0 Å². The number of rotatable bonds is 5. The largest absolute Gasteiger partial charge is 0.309 e. The predicted molar refractivity (Wildman–Crippen MR) is 182 cm³/mol. The first-order valence-corrected chi connectivity index (χ1v) is 15.8. The minimum atomic E-state index is 0.0588. The summed E-state index contributed by atoms with van der Waals surface area (Å²) in [6, 6.07) is 44.4. The van der Waals surface area contributed by atoms with Crippen molar-refractivity contribution < 1.29 is 0 Å². The van der Waals surface area contributed by atoms with Crippen molar-refractivity contribution in [3.05, 3.63) is 162 Å². The van der Waals surface area contributed by atoms with Gasteiger partial charge in [0.25, 0.3) is 0 Å². The Morgan fingerprint density at radius 2 is 1.49 bits per heavy atom. The fraction of sp³-hybridized carbons (Fsp3) is 0.190. The van der Waals surface area contributed by atoms with Gasteiger partial charge in [0.2, 0.25) is 0 Å². The molecule has 1 heteroatoms. The van der Waals surface area contributed by atoms with Crippen LogP contribution in [0.5, 0.6) is 0 Å². The molecule has 0 unspecified atom stereocenters. The van der Waals surface area contributed by atoms with Gasteiger partial charge in [-0.2, -0.15) is 0 Å². The van der Waals surface area contributed by atoms with Crippen molar-refractivity contribution in [2.24, 2.45) is 11.8 Å². The van der Waals surface area contributed by atoms with E-state index in [1.54, 1.807) is 0 Å². The van der Waals surface area contributed by atoms with E-state index in [1.807, 2.05) is 0 Å². The molecule has 3 aliphatic carbocycles. The molecule has 0 amide bonds. The number of allylic oxidation sites excluding steroid dienone is 4. The molecule has 1 nitrogen and oxygen atoms in total. The average Bonchev–Trinajstić information content (AvgIpc) is 3.75. The zero-order valence-electron chi connectivity index (χ0n) is 24.8. The van der Waals surface area contributed by atoms with Gasteiger partial charge < -0.3 is 4.90 Å². The third-order valence-corrected chi connectivity index (χ3v) is 10.4. The maximum absolute atomic E-state index is 4.97. The van der Waals surface area contributed by atoms with E-state index in [0.29, 0.717) is 5.92 Å². The average molecular weight is 556 g/mol. The molecule has 2 saturated carbocycles. The van der Waals surface area contributed by atoms with E-state index in [1.165, 1.54) is 81.2 Å². The summed E-state index contributed by atoms with van der Waals surface area (Å²) in [7, 11) is 0. The van der Waals surface area contributed by atoms with Crippen LogP contribution in [0.4, 0.5) is 11.4 Å². The molecule has 5 aromatic carbocycles. The van der Waals surface area contributed by atoms with Crippen LogP contribution < -0.4 is 4.90 Å². The lowest BCUT2D eigenvalue weighted by Crippen LogP contribution is -2.31. The third-order valence-electron chi connectivity index (χ3n) is 10.4. The van der Waals surface area contributed by atoms with E-state index in [4.69, 9.17) is 6.58 Å². The van der Waals surface area contributed by atoms with Crippen molar-refractivity contribution in [2.45, 2.75) is 38.0 Å². The van der Waals surface area contributed by atoms with Crippen LogP contribution in [0.15, 0.2) is 151 Å². The van der Waals surface area contributed by atoms with Gasteiger partial charge in [0.1, 0.15) is 0 Å². The molecule has 3 aliphatic rings. The summed E-state index contributed by atoms with van der Waals surface area (Å²) in [5, 5.41) is 2.48. The highest BCUT2D eigenvalue weighted by atomic mass is 15.2. The standard InChI is InChI=1S/C42H37N/c1-3-12-40(41-29(2)42(28-30-21-24-34(42)27-30)38-19-10-9-18-37(38)41)43(39-20-11-16-33-15-7-8-17-36(33)39)35-25-22-32(23-26-35)31-13-5-4-6-14-31/h3-20,22-23,25-26,30,34H,2,21,24,27-28H2,1H3/b12-3-,41-40-/t30-,34+,42+/m0/s1. The SMILES string of the molecule is C=C1/C(=C(\C=C/C)N(c2ccc(-c3ccccc3)cc2)c2cccc3ccccc23)c2ccccc2[C@]12C[C@H]1CC[C@@H]2C1. The summed E-state index contributed by atoms with van der Waals surface area (Å²) >= 11 is 0. The second-order valence-corrected chi connectivity index (χ2v) is 12.6. The summed E-state index contributed by atoms with van der Waals surface area (Å²) in [6.07, 6.45) is 9.78. The first-order chi connectivity index (χ1) is 21.2. The molecule has 8 rings (SSSR count). The molecule has 5 aromatic rings. The van der Waals surface area contributed by atoms with Crippen molar-refractivity contribution in [2.75, 3.05) is 4.90 Å². The van der Waals surface area contributed by atoms with E-state index in [0.717, 1.165) is 11.6 Å². The van der Waals surface area contributed by atoms with Crippen LogP contribution in [0.1, 0.15) is 43.7 Å². The summed E-state index contributed by atoms with van der Waals surface area (Å²) in [6.45, 7) is 7.11. The highest BCUT2D eigenvalue weighted by Gasteiger charge is 2.58. The van der Waals surface area contributed by atoms with Crippen molar-refractivity contribution >= 4 is 27.7 Å². The minimum absolute atomic E-state index is 0.0588. The molecule has 0 heterocycles. The van der Waals surface area contributed by atoms with Crippen LogP contribution in [0.25, 0.3) is 27.5 Å². The monoisotopic (exact) mass is 555 g/mol.